The zero-order valence-corrected chi connectivity index (χ0v) is 16.1. The summed E-state index contributed by atoms with van der Waals surface area (Å²) in [7, 11) is 0. The molecule has 0 saturated carbocycles. The standard InChI is InChI=1S/C22H27NO4/c1-4-27-21(25)22(3,18-10-12-26-14-18)11-9-16-5-6-17-7-8-19(15(2)24)23-20(17)13-16/h5-9,11,13,15,18,24H,4,10,12,14H2,1-3H3/t15-,18?,22?/m1/s1. The maximum Gasteiger partial charge on any atom is 0.316 e. The lowest BCUT2D eigenvalue weighted by atomic mass is 9.76. The molecule has 1 N–H and O–H groups in total. The second kappa shape index (κ2) is 8.19. The number of pyridine rings is 1. The number of nitrogens with zero attached hydrogens (tertiary/aromatic N) is 1. The highest BCUT2D eigenvalue weighted by Gasteiger charge is 2.42. The first-order chi connectivity index (χ1) is 12.9. The van der Waals surface area contributed by atoms with Crippen LogP contribution < -0.4 is 0 Å². The third-order valence-electron chi connectivity index (χ3n) is 5.28. The van der Waals surface area contributed by atoms with Crippen LogP contribution in [0.1, 0.15) is 44.6 Å². The van der Waals surface area contributed by atoms with Crippen molar-refractivity contribution in [3.05, 3.63) is 47.7 Å². The molecule has 0 amide bonds. The maximum absolute atomic E-state index is 12.6. The minimum atomic E-state index is -0.726. The van der Waals surface area contributed by atoms with Crippen LogP contribution in [0.15, 0.2) is 36.4 Å². The van der Waals surface area contributed by atoms with Crippen molar-refractivity contribution in [2.24, 2.45) is 11.3 Å². The molecule has 0 aliphatic carbocycles. The van der Waals surface area contributed by atoms with Crippen LogP contribution in [0.2, 0.25) is 0 Å². The summed E-state index contributed by atoms with van der Waals surface area (Å²) in [5.74, 6) is -0.111. The van der Waals surface area contributed by atoms with Crippen molar-refractivity contribution in [1.82, 2.24) is 4.98 Å². The summed E-state index contributed by atoms with van der Waals surface area (Å²) in [4.78, 5) is 17.2. The molecular formula is C22H27NO4. The number of hydrogen-bond acceptors (Lipinski definition) is 5. The minimum Gasteiger partial charge on any atom is -0.465 e. The lowest BCUT2D eigenvalue weighted by molar-refractivity contribution is -0.154. The Labute approximate surface area is 160 Å². The molecule has 27 heavy (non-hydrogen) atoms. The Morgan fingerprint density at radius 3 is 2.89 bits per heavy atom. The molecule has 1 aromatic carbocycles. The number of hydrogen-bond donors (Lipinski definition) is 1. The van der Waals surface area contributed by atoms with Crippen molar-refractivity contribution in [1.29, 1.82) is 0 Å². The number of aliphatic hydroxyl groups is 1. The van der Waals surface area contributed by atoms with Gasteiger partial charge in [-0.2, -0.15) is 0 Å². The van der Waals surface area contributed by atoms with Crippen LogP contribution in [0, 0.1) is 11.3 Å². The Hall–Kier alpha value is -2.24. The molecular weight excluding hydrogens is 342 g/mol. The van der Waals surface area contributed by atoms with E-state index in [1.807, 2.05) is 56.3 Å². The van der Waals surface area contributed by atoms with Crippen molar-refractivity contribution >= 4 is 22.9 Å². The summed E-state index contributed by atoms with van der Waals surface area (Å²) >= 11 is 0. The van der Waals surface area contributed by atoms with Gasteiger partial charge in [-0.15, -0.1) is 0 Å². The van der Waals surface area contributed by atoms with E-state index in [4.69, 9.17) is 9.47 Å². The number of fused-ring (bicyclic) bond motifs is 1. The van der Waals surface area contributed by atoms with E-state index in [2.05, 4.69) is 4.98 Å². The molecule has 0 spiro atoms. The van der Waals surface area contributed by atoms with E-state index < -0.39 is 11.5 Å². The predicted octanol–water partition coefficient (Wildman–Crippen LogP) is 3.91. The van der Waals surface area contributed by atoms with Gasteiger partial charge in [-0.25, -0.2) is 0 Å². The summed E-state index contributed by atoms with van der Waals surface area (Å²) in [5.41, 5.74) is 1.68. The van der Waals surface area contributed by atoms with Gasteiger partial charge in [0.05, 0.1) is 35.9 Å². The third-order valence-corrected chi connectivity index (χ3v) is 5.28. The fourth-order valence-electron chi connectivity index (χ4n) is 3.42. The maximum atomic E-state index is 12.6. The first-order valence-corrected chi connectivity index (χ1v) is 9.47. The number of aliphatic hydroxyl groups excluding tert-OH is 1. The quantitative estimate of drug-likeness (QED) is 0.782. The van der Waals surface area contributed by atoms with Crippen LogP contribution in [-0.2, 0) is 14.3 Å². The van der Waals surface area contributed by atoms with E-state index in [0.29, 0.717) is 25.5 Å². The van der Waals surface area contributed by atoms with Gasteiger partial charge < -0.3 is 14.6 Å². The molecule has 1 aliphatic rings. The Balaban J connectivity index is 1.92. The molecule has 3 atom stereocenters. The second-order valence-electron chi connectivity index (χ2n) is 7.26. The van der Waals surface area contributed by atoms with Crippen LogP contribution in [0.4, 0.5) is 0 Å². The fourth-order valence-corrected chi connectivity index (χ4v) is 3.42. The molecule has 2 heterocycles. The van der Waals surface area contributed by atoms with Crippen molar-refractivity contribution in [2.45, 2.75) is 33.3 Å². The molecule has 1 aliphatic heterocycles. The predicted molar refractivity (Wildman–Crippen MR) is 105 cm³/mol. The van der Waals surface area contributed by atoms with E-state index in [0.717, 1.165) is 22.9 Å². The topological polar surface area (TPSA) is 68.7 Å². The van der Waals surface area contributed by atoms with Gasteiger partial charge >= 0.3 is 5.97 Å². The summed E-state index contributed by atoms with van der Waals surface area (Å²) < 4.78 is 10.8. The van der Waals surface area contributed by atoms with Gasteiger partial charge in [-0.3, -0.25) is 9.78 Å². The van der Waals surface area contributed by atoms with E-state index in [-0.39, 0.29) is 11.9 Å². The first kappa shape index (κ1) is 19.5. The molecule has 144 valence electrons. The highest BCUT2D eigenvalue weighted by atomic mass is 16.5. The molecule has 3 rings (SSSR count). The number of carbonyl (C=O) groups is 1. The summed E-state index contributed by atoms with van der Waals surface area (Å²) in [6.45, 7) is 7.05. The van der Waals surface area contributed by atoms with E-state index >= 15 is 0 Å². The van der Waals surface area contributed by atoms with E-state index in [9.17, 15) is 9.90 Å². The molecule has 5 nitrogen and oxygen atoms in total. The average Bonchev–Trinajstić information content (AvgIpc) is 3.21. The van der Waals surface area contributed by atoms with Crippen LogP contribution in [-0.4, -0.2) is 35.9 Å². The first-order valence-electron chi connectivity index (χ1n) is 9.47. The van der Waals surface area contributed by atoms with Crippen molar-refractivity contribution in [3.63, 3.8) is 0 Å². The van der Waals surface area contributed by atoms with Crippen LogP contribution >= 0.6 is 0 Å². The zero-order valence-electron chi connectivity index (χ0n) is 16.1. The van der Waals surface area contributed by atoms with Crippen molar-refractivity contribution in [2.75, 3.05) is 19.8 Å². The Morgan fingerprint density at radius 2 is 2.22 bits per heavy atom. The molecule has 5 heteroatoms. The number of ether oxygens (including phenoxy) is 2. The van der Waals surface area contributed by atoms with Crippen LogP contribution in [0.3, 0.4) is 0 Å². The molecule has 0 bridgehead atoms. The fraction of sp³-hybridized carbons (Fsp3) is 0.455. The number of carbonyl (C=O) groups excluding carboxylic acids is 1. The highest BCUT2D eigenvalue weighted by Crippen LogP contribution is 2.37. The van der Waals surface area contributed by atoms with Crippen LogP contribution in [0.5, 0.6) is 0 Å². The van der Waals surface area contributed by atoms with Gasteiger partial charge in [0.25, 0.3) is 0 Å². The van der Waals surface area contributed by atoms with Gasteiger partial charge in [0, 0.05) is 17.9 Å². The van der Waals surface area contributed by atoms with Gasteiger partial charge in [0.15, 0.2) is 0 Å². The van der Waals surface area contributed by atoms with E-state index in [1.54, 1.807) is 6.92 Å². The smallest absolute Gasteiger partial charge is 0.316 e. The van der Waals surface area contributed by atoms with Crippen molar-refractivity contribution < 1.29 is 19.4 Å². The summed E-state index contributed by atoms with van der Waals surface area (Å²) in [6.07, 6.45) is 4.12. The van der Waals surface area contributed by atoms with Crippen LogP contribution in [0.25, 0.3) is 17.0 Å². The summed E-state index contributed by atoms with van der Waals surface area (Å²) in [6, 6.07) is 9.75. The monoisotopic (exact) mass is 369 g/mol. The zero-order chi connectivity index (χ0) is 19.4. The number of rotatable bonds is 6. The largest absolute Gasteiger partial charge is 0.465 e. The number of esters is 1. The minimum absolute atomic E-state index is 0.105. The molecule has 2 unspecified atom stereocenters. The van der Waals surface area contributed by atoms with E-state index in [1.165, 1.54) is 0 Å². The van der Waals surface area contributed by atoms with Gasteiger partial charge in [-0.05, 0) is 44.9 Å². The third kappa shape index (κ3) is 4.20. The number of aromatic nitrogens is 1. The van der Waals surface area contributed by atoms with Gasteiger partial charge in [0.2, 0.25) is 0 Å². The van der Waals surface area contributed by atoms with Gasteiger partial charge in [0.1, 0.15) is 0 Å². The Bertz CT molecular complexity index is 839. The molecule has 2 aromatic rings. The lowest BCUT2D eigenvalue weighted by Gasteiger charge is -2.29. The average molecular weight is 369 g/mol. The molecule has 1 fully saturated rings. The van der Waals surface area contributed by atoms with Gasteiger partial charge in [-0.1, -0.05) is 30.4 Å². The second-order valence-corrected chi connectivity index (χ2v) is 7.26. The molecule has 1 aromatic heterocycles. The Morgan fingerprint density at radius 1 is 1.44 bits per heavy atom. The molecule has 0 radical (unpaired) electrons. The highest BCUT2D eigenvalue weighted by molar-refractivity contribution is 5.83. The van der Waals surface area contributed by atoms with Crippen molar-refractivity contribution in [3.8, 4) is 0 Å². The Kier molecular flexibility index (Phi) is 5.92. The molecule has 1 saturated heterocycles. The normalized spacial score (nSPS) is 20.7. The lowest BCUT2D eigenvalue weighted by Crippen LogP contribution is -2.36. The number of benzene rings is 1. The SMILES string of the molecule is CCOC(=O)C(C)(C=Cc1ccc2ccc([C@@H](C)O)nc2c1)C1CCOC1. The summed E-state index contributed by atoms with van der Waals surface area (Å²) in [5, 5.41) is 10.8.